The average molecular weight is 387 g/mol. The molecule has 1 aliphatic rings. The Hall–Kier alpha value is -3.25. The van der Waals surface area contributed by atoms with Crippen LogP contribution in [0.15, 0.2) is 73.1 Å². The van der Waals surface area contributed by atoms with Crippen LogP contribution in [0.5, 0.6) is 0 Å². The number of carbonyl (C=O) groups is 1. The Labute approximate surface area is 171 Å². The smallest absolute Gasteiger partial charge is 0.251 e. The summed E-state index contributed by atoms with van der Waals surface area (Å²) in [5.74, 6) is 0.764. The topological polar surface area (TPSA) is 61.4 Å². The number of rotatable bonds is 6. The number of amides is 1. The summed E-state index contributed by atoms with van der Waals surface area (Å²) in [6.45, 7) is 5.18. The van der Waals surface area contributed by atoms with Crippen molar-refractivity contribution in [3.05, 3.63) is 78.6 Å². The third-order valence-corrected chi connectivity index (χ3v) is 5.18. The number of piperazine rings is 1. The Kier molecular flexibility index (Phi) is 6.12. The van der Waals surface area contributed by atoms with E-state index in [1.54, 1.807) is 12.4 Å². The van der Waals surface area contributed by atoms with E-state index >= 15 is 0 Å². The molecule has 1 aromatic heterocycles. The monoisotopic (exact) mass is 387 g/mol. The van der Waals surface area contributed by atoms with Crippen LogP contribution in [0.3, 0.4) is 0 Å². The molecule has 6 heteroatoms. The van der Waals surface area contributed by atoms with Crippen LogP contribution in [0, 0.1) is 0 Å². The third kappa shape index (κ3) is 4.97. The van der Waals surface area contributed by atoms with Crippen molar-refractivity contribution >= 4 is 11.9 Å². The molecule has 0 bridgehead atoms. The molecule has 2 heterocycles. The van der Waals surface area contributed by atoms with Gasteiger partial charge in [-0.1, -0.05) is 42.5 Å². The Balaban J connectivity index is 1.21. The van der Waals surface area contributed by atoms with Crippen LogP contribution in [0.25, 0.3) is 11.1 Å². The molecule has 4 rings (SSSR count). The molecule has 0 aliphatic carbocycles. The van der Waals surface area contributed by atoms with Crippen LogP contribution in [-0.4, -0.2) is 60.0 Å². The standard InChI is InChI=1S/C23H25N5O/c29-22(21-9-7-20(8-10-21)19-5-2-1-3-6-19)24-13-14-27-15-17-28(18-16-27)23-25-11-4-12-26-23/h1-12H,13-18H2,(H,24,29). The SMILES string of the molecule is O=C(NCCN1CCN(c2ncccn2)CC1)c1ccc(-c2ccccc2)cc1. The molecule has 0 atom stereocenters. The lowest BCUT2D eigenvalue weighted by Gasteiger charge is -2.34. The molecular weight excluding hydrogens is 362 g/mol. The van der Waals surface area contributed by atoms with Crippen LogP contribution in [-0.2, 0) is 0 Å². The van der Waals surface area contributed by atoms with Gasteiger partial charge in [0.25, 0.3) is 5.91 Å². The average Bonchev–Trinajstić information content (AvgIpc) is 2.81. The van der Waals surface area contributed by atoms with Gasteiger partial charge in [-0.2, -0.15) is 0 Å². The molecule has 148 valence electrons. The number of hydrogen-bond donors (Lipinski definition) is 1. The van der Waals surface area contributed by atoms with Crippen LogP contribution in [0.2, 0.25) is 0 Å². The number of benzene rings is 2. The number of aromatic nitrogens is 2. The first-order valence-corrected chi connectivity index (χ1v) is 9.97. The van der Waals surface area contributed by atoms with Gasteiger partial charge in [-0.25, -0.2) is 9.97 Å². The number of carbonyl (C=O) groups excluding carboxylic acids is 1. The van der Waals surface area contributed by atoms with Crippen LogP contribution < -0.4 is 10.2 Å². The van der Waals surface area contributed by atoms with Gasteiger partial charge in [-0.3, -0.25) is 9.69 Å². The summed E-state index contributed by atoms with van der Waals surface area (Å²) in [5.41, 5.74) is 2.96. The molecule has 1 amide bonds. The van der Waals surface area contributed by atoms with E-state index in [0.29, 0.717) is 12.1 Å². The molecule has 1 aliphatic heterocycles. The second-order valence-corrected chi connectivity index (χ2v) is 7.08. The minimum atomic E-state index is -0.0269. The largest absolute Gasteiger partial charge is 0.351 e. The lowest BCUT2D eigenvalue weighted by molar-refractivity contribution is 0.0948. The first-order valence-electron chi connectivity index (χ1n) is 9.97. The van der Waals surface area contributed by atoms with E-state index in [4.69, 9.17) is 0 Å². The Morgan fingerprint density at radius 2 is 1.48 bits per heavy atom. The van der Waals surface area contributed by atoms with Gasteiger partial charge in [0.05, 0.1) is 0 Å². The van der Waals surface area contributed by atoms with Gasteiger partial charge in [0.1, 0.15) is 0 Å². The summed E-state index contributed by atoms with van der Waals surface area (Å²) >= 11 is 0. The van der Waals surface area contributed by atoms with E-state index in [9.17, 15) is 4.79 Å². The van der Waals surface area contributed by atoms with Crippen molar-refractivity contribution in [3.63, 3.8) is 0 Å². The van der Waals surface area contributed by atoms with E-state index in [1.165, 1.54) is 0 Å². The molecule has 1 saturated heterocycles. The van der Waals surface area contributed by atoms with Crippen molar-refractivity contribution in [2.75, 3.05) is 44.2 Å². The minimum Gasteiger partial charge on any atom is -0.351 e. The molecule has 1 N–H and O–H groups in total. The number of anilines is 1. The molecular formula is C23H25N5O. The molecule has 29 heavy (non-hydrogen) atoms. The van der Waals surface area contributed by atoms with Gasteiger partial charge in [0, 0.05) is 57.2 Å². The molecule has 1 fully saturated rings. The summed E-state index contributed by atoms with van der Waals surface area (Å²) in [7, 11) is 0. The maximum absolute atomic E-state index is 12.4. The van der Waals surface area contributed by atoms with Crippen LogP contribution >= 0.6 is 0 Å². The first kappa shape index (κ1) is 19.1. The fraction of sp³-hybridized carbons (Fsp3) is 0.261. The zero-order chi connectivity index (χ0) is 19.9. The Morgan fingerprint density at radius 3 is 2.17 bits per heavy atom. The van der Waals surface area contributed by atoms with E-state index in [0.717, 1.165) is 49.8 Å². The van der Waals surface area contributed by atoms with Crippen molar-refractivity contribution in [2.45, 2.75) is 0 Å². The zero-order valence-corrected chi connectivity index (χ0v) is 16.4. The molecule has 2 aromatic carbocycles. The zero-order valence-electron chi connectivity index (χ0n) is 16.4. The van der Waals surface area contributed by atoms with Gasteiger partial charge in [0.15, 0.2) is 0 Å². The van der Waals surface area contributed by atoms with Crippen molar-refractivity contribution < 1.29 is 4.79 Å². The quantitative estimate of drug-likeness (QED) is 0.705. The lowest BCUT2D eigenvalue weighted by Crippen LogP contribution is -2.49. The highest BCUT2D eigenvalue weighted by Gasteiger charge is 2.18. The molecule has 0 spiro atoms. The maximum atomic E-state index is 12.4. The number of hydrogen-bond acceptors (Lipinski definition) is 5. The minimum absolute atomic E-state index is 0.0269. The van der Waals surface area contributed by atoms with E-state index in [2.05, 4.69) is 37.2 Å². The number of nitrogens with one attached hydrogen (secondary N) is 1. The van der Waals surface area contributed by atoms with Crippen molar-refractivity contribution in [1.29, 1.82) is 0 Å². The van der Waals surface area contributed by atoms with Gasteiger partial charge in [0.2, 0.25) is 5.95 Å². The Bertz CT molecular complexity index is 907. The second-order valence-electron chi connectivity index (χ2n) is 7.08. The predicted molar refractivity (Wildman–Crippen MR) is 115 cm³/mol. The highest BCUT2D eigenvalue weighted by molar-refractivity contribution is 5.94. The summed E-state index contributed by atoms with van der Waals surface area (Å²) < 4.78 is 0. The molecule has 3 aromatic rings. The highest BCUT2D eigenvalue weighted by Crippen LogP contribution is 2.19. The maximum Gasteiger partial charge on any atom is 0.251 e. The van der Waals surface area contributed by atoms with Gasteiger partial charge in [-0.15, -0.1) is 0 Å². The third-order valence-electron chi connectivity index (χ3n) is 5.18. The molecule has 0 saturated carbocycles. The lowest BCUT2D eigenvalue weighted by atomic mass is 10.0. The van der Waals surface area contributed by atoms with Crippen molar-refractivity contribution in [1.82, 2.24) is 20.2 Å². The van der Waals surface area contributed by atoms with Crippen LogP contribution in [0.1, 0.15) is 10.4 Å². The van der Waals surface area contributed by atoms with Gasteiger partial charge < -0.3 is 10.2 Å². The van der Waals surface area contributed by atoms with E-state index in [1.807, 2.05) is 48.5 Å². The van der Waals surface area contributed by atoms with Gasteiger partial charge >= 0.3 is 0 Å². The Morgan fingerprint density at radius 1 is 0.828 bits per heavy atom. The van der Waals surface area contributed by atoms with Gasteiger partial charge in [-0.05, 0) is 29.3 Å². The summed E-state index contributed by atoms with van der Waals surface area (Å²) in [6, 6.07) is 19.8. The fourth-order valence-corrected chi connectivity index (χ4v) is 3.50. The molecule has 6 nitrogen and oxygen atoms in total. The summed E-state index contributed by atoms with van der Waals surface area (Å²) in [6.07, 6.45) is 3.55. The second kappa shape index (κ2) is 9.30. The molecule has 0 radical (unpaired) electrons. The predicted octanol–water partition coefficient (Wildman–Crippen LogP) is 2.70. The first-order chi connectivity index (χ1) is 14.3. The van der Waals surface area contributed by atoms with Crippen LogP contribution in [0.4, 0.5) is 5.95 Å². The summed E-state index contributed by atoms with van der Waals surface area (Å²) in [5, 5.41) is 3.03. The van der Waals surface area contributed by atoms with Crippen molar-refractivity contribution in [2.24, 2.45) is 0 Å². The normalized spacial score (nSPS) is 14.6. The number of nitrogens with zero attached hydrogens (tertiary/aromatic N) is 4. The van der Waals surface area contributed by atoms with E-state index < -0.39 is 0 Å². The molecule has 0 unspecified atom stereocenters. The fourth-order valence-electron chi connectivity index (χ4n) is 3.50. The summed E-state index contributed by atoms with van der Waals surface area (Å²) in [4.78, 5) is 25.6. The van der Waals surface area contributed by atoms with E-state index in [-0.39, 0.29) is 5.91 Å². The highest BCUT2D eigenvalue weighted by atomic mass is 16.1. The van der Waals surface area contributed by atoms with Crippen molar-refractivity contribution in [3.8, 4) is 11.1 Å².